The zero-order valence-corrected chi connectivity index (χ0v) is 20.5. The van der Waals surface area contributed by atoms with E-state index in [2.05, 4.69) is 34.7 Å². The summed E-state index contributed by atoms with van der Waals surface area (Å²) in [5, 5.41) is 8.48. The Hall–Kier alpha value is -2.98. The van der Waals surface area contributed by atoms with Crippen LogP contribution in [0.5, 0.6) is 0 Å². The van der Waals surface area contributed by atoms with Crippen molar-refractivity contribution in [3.05, 3.63) is 59.1 Å². The minimum absolute atomic E-state index is 0.179. The first-order valence-corrected chi connectivity index (χ1v) is 11.8. The standard InChI is InChI=1S/C24H31ClF3N5O2/c1-3-32(4-2)14-6-15-33(16-13-29-22(34)30-21-8-5-7-19(25)17-21)23(35)31-20-11-9-18(10-12-20)24(26,27)28/h5,7-12,17H,3-4,6,13-16H2,1-2H3,(H,31,35)(H2,29,30,34). The van der Waals surface area contributed by atoms with Gasteiger partial charge in [-0.15, -0.1) is 0 Å². The van der Waals surface area contributed by atoms with E-state index in [0.29, 0.717) is 23.7 Å². The van der Waals surface area contributed by atoms with E-state index in [9.17, 15) is 22.8 Å². The number of carbonyl (C=O) groups excluding carboxylic acids is 2. The highest BCUT2D eigenvalue weighted by molar-refractivity contribution is 6.30. The van der Waals surface area contributed by atoms with Crippen LogP contribution in [0.2, 0.25) is 5.02 Å². The molecule has 0 aliphatic carbocycles. The normalized spacial score (nSPS) is 11.3. The third-order valence-electron chi connectivity index (χ3n) is 5.30. The molecule has 0 fully saturated rings. The number of hydrogen-bond acceptors (Lipinski definition) is 3. The van der Waals surface area contributed by atoms with Crippen molar-refractivity contribution in [2.45, 2.75) is 26.4 Å². The van der Waals surface area contributed by atoms with Gasteiger partial charge < -0.3 is 25.8 Å². The second kappa shape index (κ2) is 13.8. The fraction of sp³-hybridized carbons (Fsp3) is 0.417. The highest BCUT2D eigenvalue weighted by Crippen LogP contribution is 2.29. The Morgan fingerprint density at radius 1 is 0.914 bits per heavy atom. The van der Waals surface area contributed by atoms with Crippen molar-refractivity contribution < 1.29 is 22.8 Å². The maximum Gasteiger partial charge on any atom is 0.416 e. The predicted molar refractivity (Wildman–Crippen MR) is 133 cm³/mol. The number of carbonyl (C=O) groups is 2. The minimum atomic E-state index is -4.45. The highest BCUT2D eigenvalue weighted by atomic mass is 35.5. The van der Waals surface area contributed by atoms with Crippen LogP contribution in [-0.4, -0.2) is 61.1 Å². The van der Waals surface area contributed by atoms with Gasteiger partial charge in [-0.2, -0.15) is 13.2 Å². The zero-order valence-electron chi connectivity index (χ0n) is 19.8. The number of nitrogens with one attached hydrogen (secondary N) is 3. The highest BCUT2D eigenvalue weighted by Gasteiger charge is 2.30. The number of rotatable bonds is 11. The average Bonchev–Trinajstić information content (AvgIpc) is 2.80. The largest absolute Gasteiger partial charge is 0.416 e. The molecule has 0 aliphatic heterocycles. The lowest BCUT2D eigenvalue weighted by Gasteiger charge is -2.25. The molecule has 0 spiro atoms. The number of urea groups is 2. The van der Waals surface area contributed by atoms with Gasteiger partial charge in [0, 0.05) is 36.0 Å². The smallest absolute Gasteiger partial charge is 0.336 e. The molecule has 2 aromatic carbocycles. The minimum Gasteiger partial charge on any atom is -0.336 e. The van der Waals surface area contributed by atoms with Crippen LogP contribution in [0, 0.1) is 0 Å². The molecule has 0 radical (unpaired) electrons. The van der Waals surface area contributed by atoms with E-state index in [1.165, 1.54) is 17.0 Å². The summed E-state index contributed by atoms with van der Waals surface area (Å²) in [4.78, 5) is 28.8. The fourth-order valence-electron chi connectivity index (χ4n) is 3.33. The van der Waals surface area contributed by atoms with E-state index in [0.717, 1.165) is 31.8 Å². The summed E-state index contributed by atoms with van der Waals surface area (Å²) in [5.41, 5.74) is -0.00368. The van der Waals surface area contributed by atoms with Crippen molar-refractivity contribution in [1.82, 2.24) is 15.1 Å². The van der Waals surface area contributed by atoms with Gasteiger partial charge in [0.25, 0.3) is 0 Å². The van der Waals surface area contributed by atoms with Crippen LogP contribution in [-0.2, 0) is 6.18 Å². The molecule has 0 saturated carbocycles. The summed E-state index contributed by atoms with van der Waals surface area (Å²) in [6, 6.07) is 10.1. The average molecular weight is 514 g/mol. The number of anilines is 2. The molecule has 11 heteroatoms. The molecule has 0 saturated heterocycles. The Morgan fingerprint density at radius 2 is 1.60 bits per heavy atom. The zero-order chi connectivity index (χ0) is 25.8. The van der Waals surface area contributed by atoms with Gasteiger partial charge >= 0.3 is 18.2 Å². The molecule has 35 heavy (non-hydrogen) atoms. The number of benzene rings is 2. The number of nitrogens with zero attached hydrogens (tertiary/aromatic N) is 2. The van der Waals surface area contributed by atoms with Gasteiger partial charge in [0.1, 0.15) is 0 Å². The summed E-state index contributed by atoms with van der Waals surface area (Å²) in [5.74, 6) is 0. The Labute approximate surface area is 208 Å². The first-order chi connectivity index (χ1) is 16.6. The quantitative estimate of drug-likeness (QED) is 0.358. The second-order valence-electron chi connectivity index (χ2n) is 7.76. The summed E-state index contributed by atoms with van der Waals surface area (Å²) < 4.78 is 38.4. The van der Waals surface area contributed by atoms with Gasteiger partial charge in [-0.3, -0.25) is 0 Å². The van der Waals surface area contributed by atoms with Crippen LogP contribution in [0.4, 0.5) is 34.1 Å². The van der Waals surface area contributed by atoms with Crippen molar-refractivity contribution in [3.63, 3.8) is 0 Å². The van der Waals surface area contributed by atoms with E-state index >= 15 is 0 Å². The van der Waals surface area contributed by atoms with Crippen molar-refractivity contribution in [3.8, 4) is 0 Å². The molecule has 192 valence electrons. The van der Waals surface area contributed by atoms with Crippen LogP contribution in [0.25, 0.3) is 0 Å². The number of amides is 4. The van der Waals surface area contributed by atoms with Crippen molar-refractivity contribution in [1.29, 1.82) is 0 Å². The molecule has 2 aromatic rings. The summed E-state index contributed by atoms with van der Waals surface area (Å²) in [7, 11) is 0. The predicted octanol–water partition coefficient (Wildman–Crippen LogP) is 5.75. The molecule has 4 amide bonds. The van der Waals surface area contributed by atoms with E-state index in [4.69, 9.17) is 11.6 Å². The lowest BCUT2D eigenvalue weighted by atomic mass is 10.2. The Morgan fingerprint density at radius 3 is 2.20 bits per heavy atom. The molecule has 0 unspecified atom stereocenters. The van der Waals surface area contributed by atoms with Gasteiger partial charge in [0.15, 0.2) is 0 Å². The van der Waals surface area contributed by atoms with E-state index in [-0.39, 0.29) is 18.8 Å². The van der Waals surface area contributed by atoms with Crippen molar-refractivity contribution in [2.75, 3.05) is 49.9 Å². The van der Waals surface area contributed by atoms with Gasteiger partial charge in [-0.25, -0.2) is 9.59 Å². The topological polar surface area (TPSA) is 76.7 Å². The summed E-state index contributed by atoms with van der Waals surface area (Å²) in [6.45, 7) is 7.49. The molecule has 0 bridgehead atoms. The molecule has 3 N–H and O–H groups in total. The SMILES string of the molecule is CCN(CC)CCCN(CCNC(=O)Nc1cccc(Cl)c1)C(=O)Nc1ccc(C(F)(F)F)cc1. The number of hydrogen-bond donors (Lipinski definition) is 3. The molecule has 7 nitrogen and oxygen atoms in total. The third kappa shape index (κ3) is 10.0. The number of halogens is 4. The molecular weight excluding hydrogens is 483 g/mol. The van der Waals surface area contributed by atoms with E-state index in [1.807, 2.05) is 0 Å². The Balaban J connectivity index is 1.95. The van der Waals surface area contributed by atoms with Gasteiger partial charge in [-0.1, -0.05) is 31.5 Å². The van der Waals surface area contributed by atoms with Crippen LogP contribution in [0.1, 0.15) is 25.8 Å². The maximum absolute atomic E-state index is 12.8. The monoisotopic (exact) mass is 513 g/mol. The van der Waals surface area contributed by atoms with Crippen LogP contribution in [0.15, 0.2) is 48.5 Å². The second-order valence-corrected chi connectivity index (χ2v) is 8.20. The molecule has 0 aromatic heterocycles. The van der Waals surface area contributed by atoms with Crippen LogP contribution < -0.4 is 16.0 Å². The van der Waals surface area contributed by atoms with E-state index in [1.54, 1.807) is 24.3 Å². The van der Waals surface area contributed by atoms with Crippen molar-refractivity contribution >= 4 is 35.0 Å². The summed E-state index contributed by atoms with van der Waals surface area (Å²) >= 11 is 5.92. The van der Waals surface area contributed by atoms with Gasteiger partial charge in [-0.05, 0) is 68.5 Å². The Kier molecular flexibility index (Phi) is 11.1. The fourth-order valence-corrected chi connectivity index (χ4v) is 3.52. The maximum atomic E-state index is 12.8. The summed E-state index contributed by atoms with van der Waals surface area (Å²) in [6.07, 6.45) is -3.74. The molecular formula is C24H31ClF3N5O2. The van der Waals surface area contributed by atoms with Crippen molar-refractivity contribution in [2.24, 2.45) is 0 Å². The first kappa shape index (κ1) is 28.3. The van der Waals surface area contributed by atoms with Crippen LogP contribution in [0.3, 0.4) is 0 Å². The third-order valence-corrected chi connectivity index (χ3v) is 5.53. The molecule has 2 rings (SSSR count). The molecule has 0 heterocycles. The van der Waals surface area contributed by atoms with E-state index < -0.39 is 23.8 Å². The lowest BCUT2D eigenvalue weighted by Crippen LogP contribution is -2.43. The van der Waals surface area contributed by atoms with Gasteiger partial charge in [0.05, 0.1) is 5.56 Å². The Bertz CT molecular complexity index is 953. The first-order valence-electron chi connectivity index (χ1n) is 11.4. The van der Waals surface area contributed by atoms with Crippen LogP contribution >= 0.6 is 11.6 Å². The molecule has 0 atom stereocenters. The van der Waals surface area contributed by atoms with Gasteiger partial charge in [0.2, 0.25) is 0 Å². The number of alkyl halides is 3. The lowest BCUT2D eigenvalue weighted by molar-refractivity contribution is -0.137. The molecule has 0 aliphatic rings.